The molecule has 6 nitrogen and oxygen atoms in total. The van der Waals surface area contributed by atoms with E-state index in [1.165, 1.54) is 4.31 Å². The van der Waals surface area contributed by atoms with Gasteiger partial charge in [-0.15, -0.1) is 0 Å². The zero-order valence-electron chi connectivity index (χ0n) is 12.5. The van der Waals surface area contributed by atoms with Gasteiger partial charge < -0.3 is 9.84 Å². The van der Waals surface area contributed by atoms with E-state index in [4.69, 9.17) is 4.74 Å². The smallest absolute Gasteiger partial charge is 0.311 e. The molecule has 0 bridgehead atoms. The molecule has 3 rings (SSSR count). The fourth-order valence-corrected chi connectivity index (χ4v) is 4.91. The molecule has 2 fully saturated rings. The first-order chi connectivity index (χ1) is 10.4. The lowest BCUT2D eigenvalue weighted by Gasteiger charge is -2.21. The fourth-order valence-electron chi connectivity index (χ4n) is 3.22. The lowest BCUT2D eigenvalue weighted by Crippen LogP contribution is -2.37. The Morgan fingerprint density at radius 2 is 2.00 bits per heavy atom. The monoisotopic (exact) mass is 325 g/mol. The maximum Gasteiger partial charge on any atom is 0.311 e. The van der Waals surface area contributed by atoms with Crippen LogP contribution in [0.25, 0.3) is 0 Å². The van der Waals surface area contributed by atoms with Gasteiger partial charge in [0.05, 0.1) is 23.5 Å². The molecule has 1 saturated carbocycles. The second-order valence-electron chi connectivity index (χ2n) is 5.80. The van der Waals surface area contributed by atoms with Crippen LogP contribution in [-0.4, -0.2) is 49.1 Å². The zero-order chi connectivity index (χ0) is 16.1. The first kappa shape index (κ1) is 15.5. The van der Waals surface area contributed by atoms with E-state index in [1.807, 2.05) is 6.92 Å². The summed E-state index contributed by atoms with van der Waals surface area (Å²) in [4.78, 5) is 12.0. The van der Waals surface area contributed by atoms with Crippen molar-refractivity contribution in [1.82, 2.24) is 4.31 Å². The van der Waals surface area contributed by atoms with Crippen molar-refractivity contribution < 1.29 is 23.1 Å². The van der Waals surface area contributed by atoms with Crippen LogP contribution in [0.5, 0.6) is 0 Å². The molecule has 4 atom stereocenters. The predicted molar refractivity (Wildman–Crippen MR) is 78.5 cm³/mol. The van der Waals surface area contributed by atoms with Crippen molar-refractivity contribution in [2.45, 2.75) is 30.9 Å². The number of carbonyl (C=O) groups excluding carboxylic acids is 1. The zero-order valence-corrected chi connectivity index (χ0v) is 13.3. The van der Waals surface area contributed by atoms with Crippen LogP contribution in [0.1, 0.15) is 12.5 Å². The molecule has 1 N–H and O–H groups in total. The average Bonchev–Trinajstić information content (AvgIpc) is 3.11. The van der Waals surface area contributed by atoms with Gasteiger partial charge in [0.1, 0.15) is 0 Å². The van der Waals surface area contributed by atoms with Gasteiger partial charge >= 0.3 is 5.97 Å². The number of sulfonamides is 1. The minimum absolute atomic E-state index is 0.0292. The van der Waals surface area contributed by atoms with Crippen LogP contribution in [-0.2, 0) is 19.6 Å². The summed E-state index contributed by atoms with van der Waals surface area (Å²) < 4.78 is 31.6. The van der Waals surface area contributed by atoms with Crippen molar-refractivity contribution in [2.75, 3.05) is 13.2 Å². The number of piperidine rings is 1. The highest BCUT2D eigenvalue weighted by molar-refractivity contribution is 7.89. The van der Waals surface area contributed by atoms with Crippen molar-refractivity contribution >= 4 is 16.0 Å². The van der Waals surface area contributed by atoms with Crippen molar-refractivity contribution in [2.24, 2.45) is 11.8 Å². The molecular weight excluding hydrogens is 306 g/mol. The van der Waals surface area contributed by atoms with Gasteiger partial charge in [-0.25, -0.2) is 8.42 Å². The predicted octanol–water partition coefficient (Wildman–Crippen LogP) is 0.538. The van der Waals surface area contributed by atoms with Gasteiger partial charge in [-0.3, -0.25) is 4.79 Å². The summed E-state index contributed by atoms with van der Waals surface area (Å²) >= 11 is 0. The highest BCUT2D eigenvalue weighted by Gasteiger charge is 2.68. The molecule has 7 heteroatoms. The Bertz CT molecular complexity index is 684. The Balaban J connectivity index is 1.86. The number of rotatable bonds is 4. The lowest BCUT2D eigenvalue weighted by molar-refractivity contribution is -0.146. The largest absolute Gasteiger partial charge is 0.466 e. The van der Waals surface area contributed by atoms with E-state index < -0.39 is 34.1 Å². The third-order valence-electron chi connectivity index (χ3n) is 4.37. The molecule has 1 aromatic carbocycles. The number of esters is 1. The Kier molecular flexibility index (Phi) is 3.74. The van der Waals surface area contributed by atoms with E-state index in [-0.39, 0.29) is 24.0 Å². The van der Waals surface area contributed by atoms with Crippen LogP contribution >= 0.6 is 0 Å². The van der Waals surface area contributed by atoms with E-state index in [0.717, 1.165) is 5.56 Å². The fraction of sp³-hybridized carbons (Fsp3) is 0.533. The van der Waals surface area contributed by atoms with Crippen LogP contribution in [0.2, 0.25) is 0 Å². The maximum atomic E-state index is 12.7. The first-order valence-corrected chi connectivity index (χ1v) is 8.75. The van der Waals surface area contributed by atoms with Gasteiger partial charge in [-0.2, -0.15) is 4.31 Å². The molecule has 1 heterocycles. The number of fused-ring (bicyclic) bond motifs is 1. The number of benzene rings is 1. The Morgan fingerprint density at radius 3 is 2.59 bits per heavy atom. The molecule has 0 amide bonds. The van der Waals surface area contributed by atoms with Crippen molar-refractivity contribution in [3.8, 4) is 0 Å². The molecule has 2 aliphatic rings. The van der Waals surface area contributed by atoms with Gasteiger partial charge in [-0.1, -0.05) is 17.7 Å². The molecule has 0 spiro atoms. The van der Waals surface area contributed by atoms with Gasteiger partial charge in [0.25, 0.3) is 0 Å². The highest BCUT2D eigenvalue weighted by atomic mass is 32.2. The topological polar surface area (TPSA) is 83.9 Å². The van der Waals surface area contributed by atoms with E-state index >= 15 is 0 Å². The third-order valence-corrected chi connectivity index (χ3v) is 6.24. The van der Waals surface area contributed by atoms with Crippen LogP contribution in [0.15, 0.2) is 29.2 Å². The van der Waals surface area contributed by atoms with Crippen LogP contribution in [0.3, 0.4) is 0 Å². The lowest BCUT2D eigenvalue weighted by atomic mass is 10.2. The van der Waals surface area contributed by atoms with Gasteiger partial charge in [0, 0.05) is 18.5 Å². The number of ether oxygens (including phenoxy) is 1. The highest BCUT2D eigenvalue weighted by Crippen LogP contribution is 2.53. The van der Waals surface area contributed by atoms with E-state index in [0.29, 0.717) is 0 Å². The molecule has 0 radical (unpaired) electrons. The summed E-state index contributed by atoms with van der Waals surface area (Å²) in [5.74, 6) is -1.33. The van der Waals surface area contributed by atoms with Crippen LogP contribution < -0.4 is 0 Å². The van der Waals surface area contributed by atoms with Crippen molar-refractivity contribution in [3.05, 3.63) is 29.8 Å². The molecule has 1 aromatic rings. The van der Waals surface area contributed by atoms with E-state index in [2.05, 4.69) is 0 Å². The maximum absolute atomic E-state index is 12.7. The molecule has 0 aromatic heterocycles. The molecule has 1 saturated heterocycles. The second-order valence-corrected chi connectivity index (χ2v) is 7.69. The summed E-state index contributed by atoms with van der Waals surface area (Å²) in [6.45, 7) is 3.86. The number of β-amino-alcohol motifs (C(OH)–C–C–N with tert-alkyl or cyclic N) is 1. The van der Waals surface area contributed by atoms with Crippen molar-refractivity contribution in [3.63, 3.8) is 0 Å². The van der Waals surface area contributed by atoms with E-state index in [9.17, 15) is 18.3 Å². The number of aliphatic hydroxyl groups is 1. The molecular formula is C15H19NO5S. The third kappa shape index (κ3) is 2.33. The summed E-state index contributed by atoms with van der Waals surface area (Å²) in [5, 5.41) is 10.0. The number of hydrogen-bond acceptors (Lipinski definition) is 5. The summed E-state index contributed by atoms with van der Waals surface area (Å²) in [6.07, 6.45) is -0.820. The Morgan fingerprint density at radius 1 is 1.36 bits per heavy atom. The molecule has 1 aliphatic carbocycles. The molecule has 120 valence electrons. The number of carbonyl (C=O) groups is 1. The normalized spacial score (nSPS) is 30.9. The Hall–Kier alpha value is -1.44. The van der Waals surface area contributed by atoms with Gasteiger partial charge in [-0.05, 0) is 26.0 Å². The van der Waals surface area contributed by atoms with Crippen molar-refractivity contribution in [1.29, 1.82) is 0 Å². The number of aryl methyl sites for hydroxylation is 1. The van der Waals surface area contributed by atoms with E-state index in [1.54, 1.807) is 31.2 Å². The molecule has 0 unspecified atom stereocenters. The quantitative estimate of drug-likeness (QED) is 0.817. The standard InChI is InChI=1S/C15H19NO5S/c1-3-21-15(18)13-12-11(17)8-16(14(12)13)22(19,20)10-6-4-9(2)5-7-10/h4-7,11-14,17H,3,8H2,1-2H3/t11-,12+,13+,14+/m1/s1. The minimum atomic E-state index is -3.71. The summed E-state index contributed by atoms with van der Waals surface area (Å²) in [5.41, 5.74) is 0.967. The van der Waals surface area contributed by atoms with Crippen LogP contribution in [0, 0.1) is 18.8 Å². The minimum Gasteiger partial charge on any atom is -0.466 e. The molecule has 1 aliphatic heterocycles. The SMILES string of the molecule is CCOC(=O)[C@H]1[C@H]2[C@@H]1N(S(=O)(=O)c1ccc(C)cc1)C[C@H]2O. The Labute approximate surface area is 129 Å². The summed E-state index contributed by atoms with van der Waals surface area (Å²) in [6, 6.07) is 6.07. The second kappa shape index (κ2) is 5.33. The average molecular weight is 325 g/mol. The number of aliphatic hydroxyl groups excluding tert-OH is 1. The molecule has 22 heavy (non-hydrogen) atoms. The number of nitrogens with zero attached hydrogens (tertiary/aromatic N) is 1. The van der Waals surface area contributed by atoms with Gasteiger partial charge in [0.2, 0.25) is 10.0 Å². The van der Waals surface area contributed by atoms with Gasteiger partial charge in [0.15, 0.2) is 0 Å². The summed E-state index contributed by atoms with van der Waals surface area (Å²) in [7, 11) is -3.71. The number of hydrogen-bond donors (Lipinski definition) is 1. The first-order valence-electron chi connectivity index (χ1n) is 7.31. The van der Waals surface area contributed by atoms with Crippen LogP contribution in [0.4, 0.5) is 0 Å².